The number of nitrogens with one attached hydrogen (secondary N) is 1. The van der Waals surface area contributed by atoms with Gasteiger partial charge in [-0.15, -0.1) is 0 Å². The van der Waals surface area contributed by atoms with Crippen molar-refractivity contribution in [3.63, 3.8) is 0 Å². The highest BCUT2D eigenvalue weighted by atomic mass is 79.9. The van der Waals surface area contributed by atoms with E-state index in [9.17, 15) is 4.79 Å². The van der Waals surface area contributed by atoms with Crippen LogP contribution in [-0.2, 0) is 9.53 Å². The number of amides is 1. The first kappa shape index (κ1) is 20.2. The minimum Gasteiger partial charge on any atom is -0.489 e. The molecule has 1 atom stereocenters. The largest absolute Gasteiger partial charge is 0.489 e. The van der Waals surface area contributed by atoms with E-state index in [4.69, 9.17) is 14.2 Å². The molecule has 1 N–H and O–H groups in total. The van der Waals surface area contributed by atoms with Gasteiger partial charge in [0.05, 0.1) is 16.3 Å². The van der Waals surface area contributed by atoms with Gasteiger partial charge in [-0.2, -0.15) is 0 Å². The third-order valence-corrected chi connectivity index (χ3v) is 5.20. The van der Waals surface area contributed by atoms with Gasteiger partial charge in [-0.05, 0) is 65.5 Å². The van der Waals surface area contributed by atoms with Gasteiger partial charge in [0.15, 0.2) is 6.61 Å². The topological polar surface area (TPSA) is 56.8 Å². The molecule has 144 valence electrons. The van der Waals surface area contributed by atoms with Crippen LogP contribution in [0.5, 0.6) is 11.5 Å². The van der Waals surface area contributed by atoms with Gasteiger partial charge < -0.3 is 19.5 Å². The number of aryl methyl sites for hydroxylation is 1. The molecule has 2 aromatic carbocycles. The van der Waals surface area contributed by atoms with Crippen molar-refractivity contribution >= 4 is 43.5 Å². The lowest BCUT2D eigenvalue weighted by Crippen LogP contribution is -2.22. The summed E-state index contributed by atoms with van der Waals surface area (Å²) in [6.45, 7) is 3.10. The van der Waals surface area contributed by atoms with E-state index in [-0.39, 0.29) is 18.6 Å². The second kappa shape index (κ2) is 9.57. The lowest BCUT2D eigenvalue weighted by Gasteiger charge is -2.16. The Morgan fingerprint density at radius 2 is 2.07 bits per heavy atom. The SMILES string of the molecule is Cc1cc(Br)cc(Br)c1OCC(=O)Nc1ccccc1OCC1CCCO1. The molecule has 0 bridgehead atoms. The van der Waals surface area contributed by atoms with Gasteiger partial charge in [-0.3, -0.25) is 4.79 Å². The zero-order chi connectivity index (χ0) is 19.2. The van der Waals surface area contributed by atoms with Crippen molar-refractivity contribution in [2.24, 2.45) is 0 Å². The Bertz CT molecular complexity index is 783. The summed E-state index contributed by atoms with van der Waals surface area (Å²) < 4.78 is 18.9. The molecule has 0 saturated carbocycles. The second-order valence-electron chi connectivity index (χ2n) is 6.31. The van der Waals surface area contributed by atoms with Crippen LogP contribution in [0.25, 0.3) is 0 Å². The van der Waals surface area contributed by atoms with E-state index < -0.39 is 0 Å². The van der Waals surface area contributed by atoms with Gasteiger partial charge in [0.2, 0.25) is 0 Å². The average Bonchev–Trinajstić information content (AvgIpc) is 3.13. The molecule has 7 heteroatoms. The Morgan fingerprint density at radius 1 is 1.26 bits per heavy atom. The fourth-order valence-electron chi connectivity index (χ4n) is 2.85. The van der Waals surface area contributed by atoms with Crippen LogP contribution in [0.3, 0.4) is 0 Å². The van der Waals surface area contributed by atoms with E-state index in [0.29, 0.717) is 23.8 Å². The summed E-state index contributed by atoms with van der Waals surface area (Å²) in [7, 11) is 0. The van der Waals surface area contributed by atoms with E-state index in [1.54, 1.807) is 0 Å². The molecule has 1 fully saturated rings. The normalized spacial score (nSPS) is 16.2. The highest BCUT2D eigenvalue weighted by Gasteiger charge is 2.17. The Kier molecular flexibility index (Phi) is 7.15. The molecule has 0 aromatic heterocycles. The monoisotopic (exact) mass is 497 g/mol. The molecule has 1 amide bonds. The summed E-state index contributed by atoms with van der Waals surface area (Å²) in [4.78, 5) is 12.3. The highest BCUT2D eigenvalue weighted by molar-refractivity contribution is 9.11. The molecule has 1 saturated heterocycles. The Hall–Kier alpha value is -1.57. The quantitative estimate of drug-likeness (QED) is 0.577. The van der Waals surface area contributed by atoms with Crippen molar-refractivity contribution in [2.45, 2.75) is 25.9 Å². The molecule has 0 radical (unpaired) electrons. The predicted molar refractivity (Wildman–Crippen MR) is 112 cm³/mol. The molecule has 2 aromatic rings. The Labute approximate surface area is 175 Å². The lowest BCUT2D eigenvalue weighted by atomic mass is 10.2. The van der Waals surface area contributed by atoms with Crippen LogP contribution in [0, 0.1) is 6.92 Å². The number of rotatable bonds is 7. The highest BCUT2D eigenvalue weighted by Crippen LogP contribution is 2.32. The fraction of sp³-hybridized carbons (Fsp3) is 0.350. The number of ether oxygens (including phenoxy) is 3. The molecule has 0 spiro atoms. The summed E-state index contributed by atoms with van der Waals surface area (Å²) in [5.74, 6) is 1.02. The molecule has 1 aliphatic rings. The standard InChI is InChI=1S/C20H21Br2NO4/c1-13-9-14(21)10-16(22)20(13)27-12-19(24)23-17-6-2-3-7-18(17)26-11-15-5-4-8-25-15/h2-3,6-7,9-10,15H,4-5,8,11-12H2,1H3,(H,23,24). The lowest BCUT2D eigenvalue weighted by molar-refractivity contribution is -0.118. The number of hydrogen-bond acceptors (Lipinski definition) is 4. The first-order valence-corrected chi connectivity index (χ1v) is 10.3. The van der Waals surface area contributed by atoms with Gasteiger partial charge in [0.1, 0.15) is 18.1 Å². The molecule has 1 heterocycles. The number of halogens is 2. The van der Waals surface area contributed by atoms with E-state index >= 15 is 0 Å². The summed E-state index contributed by atoms with van der Waals surface area (Å²) in [5.41, 5.74) is 1.56. The Morgan fingerprint density at radius 3 is 2.81 bits per heavy atom. The fourth-order valence-corrected chi connectivity index (χ4v) is 4.40. The van der Waals surface area contributed by atoms with Crippen LogP contribution in [-0.4, -0.2) is 31.8 Å². The van der Waals surface area contributed by atoms with Crippen molar-refractivity contribution in [1.29, 1.82) is 0 Å². The number of benzene rings is 2. The van der Waals surface area contributed by atoms with Crippen molar-refractivity contribution in [2.75, 3.05) is 25.1 Å². The first-order valence-electron chi connectivity index (χ1n) is 8.74. The molecule has 3 rings (SSSR count). The van der Waals surface area contributed by atoms with Gasteiger partial charge in [-0.25, -0.2) is 0 Å². The van der Waals surface area contributed by atoms with Crippen molar-refractivity contribution in [1.82, 2.24) is 0 Å². The van der Waals surface area contributed by atoms with E-state index in [1.807, 2.05) is 43.3 Å². The zero-order valence-electron chi connectivity index (χ0n) is 15.0. The maximum absolute atomic E-state index is 12.3. The van der Waals surface area contributed by atoms with Crippen molar-refractivity contribution in [3.8, 4) is 11.5 Å². The molecule has 5 nitrogen and oxygen atoms in total. The third-order valence-electron chi connectivity index (χ3n) is 4.15. The number of hydrogen-bond donors (Lipinski definition) is 1. The Balaban J connectivity index is 1.58. The van der Waals surface area contributed by atoms with Gasteiger partial charge >= 0.3 is 0 Å². The van der Waals surface area contributed by atoms with E-state index in [0.717, 1.165) is 34.0 Å². The second-order valence-corrected chi connectivity index (χ2v) is 8.08. The van der Waals surface area contributed by atoms with Gasteiger partial charge in [0, 0.05) is 11.1 Å². The molecule has 0 aliphatic carbocycles. The number of anilines is 1. The van der Waals surface area contributed by atoms with E-state index in [1.165, 1.54) is 0 Å². The number of para-hydroxylation sites is 2. The van der Waals surface area contributed by atoms with Crippen LogP contribution in [0.1, 0.15) is 18.4 Å². The summed E-state index contributed by atoms with van der Waals surface area (Å²) >= 11 is 6.89. The van der Waals surface area contributed by atoms with Crippen LogP contribution >= 0.6 is 31.9 Å². The summed E-state index contributed by atoms with van der Waals surface area (Å²) in [6, 6.07) is 11.2. The van der Waals surface area contributed by atoms with Crippen LogP contribution < -0.4 is 14.8 Å². The smallest absolute Gasteiger partial charge is 0.262 e. The average molecular weight is 499 g/mol. The zero-order valence-corrected chi connectivity index (χ0v) is 18.1. The maximum Gasteiger partial charge on any atom is 0.262 e. The van der Waals surface area contributed by atoms with Crippen LogP contribution in [0.15, 0.2) is 45.3 Å². The minimum absolute atomic E-state index is 0.0961. The summed E-state index contributed by atoms with van der Waals surface area (Å²) in [5, 5.41) is 2.85. The summed E-state index contributed by atoms with van der Waals surface area (Å²) in [6.07, 6.45) is 2.19. The van der Waals surface area contributed by atoms with E-state index in [2.05, 4.69) is 37.2 Å². The molecule has 1 unspecified atom stereocenters. The van der Waals surface area contributed by atoms with Gasteiger partial charge in [0.25, 0.3) is 5.91 Å². The molecule has 27 heavy (non-hydrogen) atoms. The predicted octanol–water partition coefficient (Wildman–Crippen LogP) is 5.10. The minimum atomic E-state index is -0.252. The third kappa shape index (κ3) is 5.70. The van der Waals surface area contributed by atoms with Crippen LogP contribution in [0.4, 0.5) is 5.69 Å². The maximum atomic E-state index is 12.3. The molecular formula is C20H21Br2NO4. The van der Waals surface area contributed by atoms with Crippen LogP contribution in [0.2, 0.25) is 0 Å². The molecule has 1 aliphatic heterocycles. The van der Waals surface area contributed by atoms with Gasteiger partial charge in [-0.1, -0.05) is 28.1 Å². The van der Waals surface area contributed by atoms with Crippen molar-refractivity contribution < 1.29 is 19.0 Å². The van der Waals surface area contributed by atoms with Crippen molar-refractivity contribution in [3.05, 3.63) is 50.9 Å². The number of carbonyl (C=O) groups is 1. The first-order chi connectivity index (χ1) is 13.0. The molecular weight excluding hydrogens is 478 g/mol. The number of carbonyl (C=O) groups excluding carboxylic acids is 1.